The van der Waals surface area contributed by atoms with E-state index < -0.39 is 0 Å². The van der Waals surface area contributed by atoms with Crippen molar-refractivity contribution < 1.29 is 0 Å². The zero-order chi connectivity index (χ0) is 13.0. The smallest absolute Gasteiger partial charge is 0.0705 e. The molecule has 1 heterocycles. The van der Waals surface area contributed by atoms with Crippen LogP contribution in [0.3, 0.4) is 0 Å². The number of hydrogen-bond donors (Lipinski definition) is 1. The minimum Gasteiger partial charge on any atom is -0.312 e. The SMILES string of the molecule is CC(C)C(C)CNCc1ccnc2ccccc12. The average molecular weight is 242 g/mol. The molecule has 0 radical (unpaired) electrons. The van der Waals surface area contributed by atoms with Gasteiger partial charge in [0, 0.05) is 18.1 Å². The molecule has 0 saturated heterocycles. The van der Waals surface area contributed by atoms with Gasteiger partial charge in [-0.05, 0) is 36.1 Å². The van der Waals surface area contributed by atoms with Crippen LogP contribution in [0, 0.1) is 11.8 Å². The molecule has 2 aromatic rings. The number of fused-ring (bicyclic) bond motifs is 1. The molecule has 18 heavy (non-hydrogen) atoms. The first-order valence-electron chi connectivity index (χ1n) is 6.72. The number of para-hydroxylation sites is 1. The first-order valence-corrected chi connectivity index (χ1v) is 6.72. The lowest BCUT2D eigenvalue weighted by Crippen LogP contribution is -2.23. The van der Waals surface area contributed by atoms with E-state index in [-0.39, 0.29) is 0 Å². The van der Waals surface area contributed by atoms with E-state index in [0.29, 0.717) is 5.92 Å². The fourth-order valence-electron chi connectivity index (χ4n) is 1.98. The molecule has 2 rings (SSSR count). The predicted molar refractivity (Wildman–Crippen MR) is 77.5 cm³/mol. The van der Waals surface area contributed by atoms with E-state index in [1.165, 1.54) is 10.9 Å². The summed E-state index contributed by atoms with van der Waals surface area (Å²) in [6.07, 6.45) is 1.89. The first-order chi connectivity index (χ1) is 8.68. The second-order valence-corrected chi connectivity index (χ2v) is 5.34. The summed E-state index contributed by atoms with van der Waals surface area (Å²) >= 11 is 0. The van der Waals surface area contributed by atoms with E-state index in [4.69, 9.17) is 0 Å². The van der Waals surface area contributed by atoms with Crippen LogP contribution in [0.25, 0.3) is 10.9 Å². The number of nitrogens with zero attached hydrogens (tertiary/aromatic N) is 1. The average Bonchev–Trinajstić information content (AvgIpc) is 2.38. The molecule has 0 aliphatic rings. The third-order valence-electron chi connectivity index (χ3n) is 3.66. The fourth-order valence-corrected chi connectivity index (χ4v) is 1.98. The van der Waals surface area contributed by atoms with Crippen molar-refractivity contribution in [1.82, 2.24) is 10.3 Å². The molecule has 0 aliphatic carbocycles. The Hall–Kier alpha value is -1.41. The molecule has 96 valence electrons. The first kappa shape index (κ1) is 13.0. The Morgan fingerprint density at radius 2 is 1.89 bits per heavy atom. The lowest BCUT2D eigenvalue weighted by molar-refractivity contribution is 0.393. The molecular weight excluding hydrogens is 220 g/mol. The summed E-state index contributed by atoms with van der Waals surface area (Å²) in [5, 5.41) is 4.80. The minimum atomic E-state index is 0.707. The quantitative estimate of drug-likeness (QED) is 0.866. The van der Waals surface area contributed by atoms with Crippen LogP contribution >= 0.6 is 0 Å². The van der Waals surface area contributed by atoms with Gasteiger partial charge in [0.1, 0.15) is 0 Å². The number of nitrogens with one attached hydrogen (secondary N) is 1. The second-order valence-electron chi connectivity index (χ2n) is 5.34. The van der Waals surface area contributed by atoms with Gasteiger partial charge < -0.3 is 5.32 Å². The lowest BCUT2D eigenvalue weighted by atomic mass is 9.98. The van der Waals surface area contributed by atoms with E-state index >= 15 is 0 Å². The van der Waals surface area contributed by atoms with Gasteiger partial charge in [-0.1, -0.05) is 39.0 Å². The van der Waals surface area contributed by atoms with Gasteiger partial charge in [0.2, 0.25) is 0 Å². The molecular formula is C16H22N2. The van der Waals surface area contributed by atoms with Crippen molar-refractivity contribution in [1.29, 1.82) is 0 Å². The van der Waals surface area contributed by atoms with Crippen LogP contribution in [-0.2, 0) is 6.54 Å². The monoisotopic (exact) mass is 242 g/mol. The molecule has 0 aliphatic heterocycles. The predicted octanol–water partition coefficient (Wildman–Crippen LogP) is 3.62. The van der Waals surface area contributed by atoms with Gasteiger partial charge in [-0.3, -0.25) is 4.98 Å². The summed E-state index contributed by atoms with van der Waals surface area (Å²) in [4.78, 5) is 4.39. The number of hydrogen-bond acceptors (Lipinski definition) is 2. The highest BCUT2D eigenvalue weighted by molar-refractivity contribution is 5.81. The number of benzene rings is 1. The second kappa shape index (κ2) is 5.96. The number of aromatic nitrogens is 1. The van der Waals surface area contributed by atoms with Crippen molar-refractivity contribution in [2.24, 2.45) is 11.8 Å². The molecule has 1 N–H and O–H groups in total. The third kappa shape index (κ3) is 3.08. The summed E-state index contributed by atoms with van der Waals surface area (Å²) in [5.74, 6) is 1.43. The van der Waals surface area contributed by atoms with Gasteiger partial charge in [0.05, 0.1) is 5.52 Å². The lowest BCUT2D eigenvalue weighted by Gasteiger charge is -2.16. The van der Waals surface area contributed by atoms with Gasteiger partial charge in [-0.2, -0.15) is 0 Å². The molecule has 2 nitrogen and oxygen atoms in total. The van der Waals surface area contributed by atoms with Crippen LogP contribution in [0.4, 0.5) is 0 Å². The summed E-state index contributed by atoms with van der Waals surface area (Å²) < 4.78 is 0. The van der Waals surface area contributed by atoms with Crippen LogP contribution < -0.4 is 5.32 Å². The molecule has 0 bridgehead atoms. The van der Waals surface area contributed by atoms with Gasteiger partial charge in [-0.25, -0.2) is 0 Å². The van der Waals surface area contributed by atoms with Crippen LogP contribution in [0.5, 0.6) is 0 Å². The molecule has 1 aromatic heterocycles. The topological polar surface area (TPSA) is 24.9 Å². The number of rotatable bonds is 5. The van der Waals surface area contributed by atoms with E-state index in [1.807, 2.05) is 12.3 Å². The largest absolute Gasteiger partial charge is 0.312 e. The number of pyridine rings is 1. The molecule has 0 spiro atoms. The van der Waals surface area contributed by atoms with Crippen LogP contribution in [0.15, 0.2) is 36.5 Å². The van der Waals surface area contributed by atoms with Gasteiger partial charge in [0.25, 0.3) is 0 Å². The summed E-state index contributed by atoms with van der Waals surface area (Å²) in [7, 11) is 0. The summed E-state index contributed by atoms with van der Waals surface area (Å²) in [6.45, 7) is 8.82. The Labute approximate surface area is 109 Å². The van der Waals surface area contributed by atoms with Crippen LogP contribution in [0.2, 0.25) is 0 Å². The van der Waals surface area contributed by atoms with E-state index in [2.05, 4.69) is 55.3 Å². The van der Waals surface area contributed by atoms with E-state index in [1.54, 1.807) is 0 Å². The zero-order valence-electron chi connectivity index (χ0n) is 11.5. The third-order valence-corrected chi connectivity index (χ3v) is 3.66. The van der Waals surface area contributed by atoms with Crippen molar-refractivity contribution in [2.45, 2.75) is 27.3 Å². The fraction of sp³-hybridized carbons (Fsp3) is 0.438. The van der Waals surface area contributed by atoms with Crippen molar-refractivity contribution in [3.05, 3.63) is 42.1 Å². The maximum absolute atomic E-state index is 4.39. The molecule has 1 unspecified atom stereocenters. The molecule has 1 atom stereocenters. The Kier molecular flexibility index (Phi) is 4.32. The van der Waals surface area contributed by atoms with Crippen LogP contribution in [0.1, 0.15) is 26.3 Å². The maximum atomic E-state index is 4.39. The Morgan fingerprint density at radius 1 is 1.11 bits per heavy atom. The standard InChI is InChI=1S/C16H22N2/c1-12(2)13(3)10-17-11-14-8-9-18-16-7-5-4-6-15(14)16/h4-9,12-13,17H,10-11H2,1-3H3. The van der Waals surface area contributed by atoms with E-state index in [0.717, 1.165) is 24.5 Å². The highest BCUT2D eigenvalue weighted by atomic mass is 14.9. The van der Waals surface area contributed by atoms with Crippen molar-refractivity contribution in [2.75, 3.05) is 6.54 Å². The molecule has 0 amide bonds. The van der Waals surface area contributed by atoms with Crippen molar-refractivity contribution in [3.8, 4) is 0 Å². The zero-order valence-corrected chi connectivity index (χ0v) is 11.5. The molecule has 0 fully saturated rings. The minimum absolute atomic E-state index is 0.707. The van der Waals surface area contributed by atoms with Gasteiger partial charge >= 0.3 is 0 Å². The maximum Gasteiger partial charge on any atom is 0.0705 e. The van der Waals surface area contributed by atoms with E-state index in [9.17, 15) is 0 Å². The highest BCUT2D eigenvalue weighted by Crippen LogP contribution is 2.16. The van der Waals surface area contributed by atoms with Gasteiger partial charge in [-0.15, -0.1) is 0 Å². The molecule has 1 aromatic carbocycles. The Balaban J connectivity index is 2.04. The van der Waals surface area contributed by atoms with Gasteiger partial charge in [0.15, 0.2) is 0 Å². The van der Waals surface area contributed by atoms with Crippen molar-refractivity contribution in [3.63, 3.8) is 0 Å². The van der Waals surface area contributed by atoms with Crippen LogP contribution in [-0.4, -0.2) is 11.5 Å². The van der Waals surface area contributed by atoms with Crippen molar-refractivity contribution >= 4 is 10.9 Å². The Morgan fingerprint density at radius 3 is 2.67 bits per heavy atom. The summed E-state index contributed by atoms with van der Waals surface area (Å²) in [6, 6.07) is 10.4. The molecule has 0 saturated carbocycles. The Bertz CT molecular complexity index is 500. The normalized spacial score (nSPS) is 13.1. The summed E-state index contributed by atoms with van der Waals surface area (Å²) in [5.41, 5.74) is 2.41. The molecule has 2 heteroatoms. The highest BCUT2D eigenvalue weighted by Gasteiger charge is 2.06.